The van der Waals surface area contributed by atoms with E-state index < -0.39 is 0 Å². The normalized spacial score (nSPS) is 14.4. The second-order valence-corrected chi connectivity index (χ2v) is 6.79. The Labute approximate surface area is 135 Å². The van der Waals surface area contributed by atoms with E-state index in [0.717, 1.165) is 47.7 Å². The van der Waals surface area contributed by atoms with E-state index in [0.29, 0.717) is 6.61 Å². The molecular weight excluding hydrogens is 294 g/mol. The second kappa shape index (κ2) is 6.53. The fourth-order valence-electron chi connectivity index (χ4n) is 2.66. The number of benzene rings is 1. The molecule has 1 aliphatic rings. The van der Waals surface area contributed by atoms with Gasteiger partial charge in [0.15, 0.2) is 0 Å². The predicted molar refractivity (Wildman–Crippen MR) is 89.7 cm³/mol. The minimum Gasteiger partial charge on any atom is -0.489 e. The Morgan fingerprint density at radius 1 is 1.23 bits per heavy atom. The number of thiophene rings is 1. The molecule has 0 aliphatic carbocycles. The number of ether oxygens (including phenoxy) is 1. The van der Waals surface area contributed by atoms with Gasteiger partial charge in [0.2, 0.25) is 0 Å². The average Bonchev–Trinajstić information content (AvgIpc) is 3.19. The zero-order chi connectivity index (χ0) is 15.5. The SMILES string of the molecule is Cc1ccc(C)c(OCc2csc(C(=O)N3CCCC3)c2)c1. The fraction of sp³-hybridized carbons (Fsp3) is 0.389. The van der Waals surface area contributed by atoms with E-state index in [9.17, 15) is 4.79 Å². The molecule has 0 spiro atoms. The molecule has 3 nitrogen and oxygen atoms in total. The summed E-state index contributed by atoms with van der Waals surface area (Å²) in [6.07, 6.45) is 2.25. The molecule has 116 valence electrons. The Morgan fingerprint density at radius 3 is 2.77 bits per heavy atom. The van der Waals surface area contributed by atoms with Crippen LogP contribution in [0.5, 0.6) is 5.75 Å². The summed E-state index contributed by atoms with van der Waals surface area (Å²) in [4.78, 5) is 15.1. The van der Waals surface area contributed by atoms with Gasteiger partial charge in [0.05, 0.1) is 4.88 Å². The number of nitrogens with zero attached hydrogens (tertiary/aromatic N) is 1. The summed E-state index contributed by atoms with van der Waals surface area (Å²) in [5.41, 5.74) is 3.39. The van der Waals surface area contributed by atoms with Crippen molar-refractivity contribution in [3.8, 4) is 5.75 Å². The highest BCUT2D eigenvalue weighted by Crippen LogP contribution is 2.23. The van der Waals surface area contributed by atoms with Crippen LogP contribution in [0.2, 0.25) is 0 Å². The van der Waals surface area contributed by atoms with Gasteiger partial charge in [-0.15, -0.1) is 11.3 Å². The number of hydrogen-bond donors (Lipinski definition) is 0. The molecule has 0 N–H and O–H groups in total. The van der Waals surface area contributed by atoms with Crippen LogP contribution in [-0.2, 0) is 6.61 Å². The fourth-order valence-corrected chi connectivity index (χ4v) is 3.53. The summed E-state index contributed by atoms with van der Waals surface area (Å²) in [5.74, 6) is 1.08. The molecule has 22 heavy (non-hydrogen) atoms. The molecular formula is C18H21NO2S. The minimum atomic E-state index is 0.167. The maximum atomic E-state index is 12.3. The quantitative estimate of drug-likeness (QED) is 0.847. The Morgan fingerprint density at radius 2 is 2.00 bits per heavy atom. The lowest BCUT2D eigenvalue weighted by Crippen LogP contribution is -2.26. The summed E-state index contributed by atoms with van der Waals surface area (Å²) in [6.45, 7) is 6.40. The Hall–Kier alpha value is -1.81. The summed E-state index contributed by atoms with van der Waals surface area (Å²) >= 11 is 1.52. The first-order valence-corrected chi connectivity index (χ1v) is 8.58. The van der Waals surface area contributed by atoms with Gasteiger partial charge < -0.3 is 9.64 Å². The lowest BCUT2D eigenvalue weighted by molar-refractivity contribution is 0.0797. The molecule has 0 atom stereocenters. The van der Waals surface area contributed by atoms with Crippen molar-refractivity contribution in [2.24, 2.45) is 0 Å². The monoisotopic (exact) mass is 315 g/mol. The Bertz CT molecular complexity index is 671. The average molecular weight is 315 g/mol. The van der Waals surface area contributed by atoms with E-state index in [1.807, 2.05) is 23.3 Å². The van der Waals surface area contributed by atoms with E-state index in [2.05, 4.69) is 25.1 Å². The van der Waals surface area contributed by atoms with Crippen molar-refractivity contribution in [2.45, 2.75) is 33.3 Å². The second-order valence-electron chi connectivity index (χ2n) is 5.88. The third-order valence-corrected chi connectivity index (χ3v) is 4.96. The summed E-state index contributed by atoms with van der Waals surface area (Å²) < 4.78 is 5.90. The third-order valence-electron chi connectivity index (χ3n) is 4.00. The predicted octanol–water partition coefficient (Wildman–Crippen LogP) is 4.18. The number of likely N-dealkylation sites (tertiary alicyclic amines) is 1. The molecule has 1 fully saturated rings. The topological polar surface area (TPSA) is 29.5 Å². The molecule has 2 aromatic rings. The molecule has 0 bridgehead atoms. The number of carbonyl (C=O) groups excluding carboxylic acids is 1. The van der Waals surface area contributed by atoms with Crippen molar-refractivity contribution in [3.05, 3.63) is 51.2 Å². The van der Waals surface area contributed by atoms with Crippen molar-refractivity contribution in [1.29, 1.82) is 0 Å². The van der Waals surface area contributed by atoms with Crippen molar-refractivity contribution < 1.29 is 9.53 Å². The van der Waals surface area contributed by atoms with Crippen molar-refractivity contribution in [1.82, 2.24) is 4.90 Å². The maximum Gasteiger partial charge on any atom is 0.263 e. The summed E-state index contributed by atoms with van der Waals surface area (Å²) in [5, 5.41) is 2.02. The number of carbonyl (C=O) groups is 1. The zero-order valence-corrected chi connectivity index (χ0v) is 13.9. The first kappa shape index (κ1) is 15.1. The van der Waals surface area contributed by atoms with Gasteiger partial charge in [0, 0.05) is 18.7 Å². The van der Waals surface area contributed by atoms with E-state index in [1.165, 1.54) is 16.9 Å². The molecule has 0 saturated carbocycles. The van der Waals surface area contributed by atoms with Crippen LogP contribution in [0.15, 0.2) is 29.6 Å². The summed E-state index contributed by atoms with van der Waals surface area (Å²) in [7, 11) is 0. The largest absolute Gasteiger partial charge is 0.489 e. The van der Waals surface area contributed by atoms with Crippen LogP contribution in [0.4, 0.5) is 0 Å². The van der Waals surface area contributed by atoms with Crippen LogP contribution in [0.25, 0.3) is 0 Å². The van der Waals surface area contributed by atoms with Gasteiger partial charge in [0.1, 0.15) is 12.4 Å². The van der Waals surface area contributed by atoms with Gasteiger partial charge in [-0.1, -0.05) is 12.1 Å². The summed E-state index contributed by atoms with van der Waals surface area (Å²) in [6, 6.07) is 8.18. The van der Waals surface area contributed by atoms with Gasteiger partial charge in [-0.2, -0.15) is 0 Å². The zero-order valence-electron chi connectivity index (χ0n) is 13.1. The first-order valence-electron chi connectivity index (χ1n) is 7.70. The molecule has 1 aliphatic heterocycles. The standard InChI is InChI=1S/C18H21NO2S/c1-13-5-6-14(2)16(9-13)21-11-15-10-17(22-12-15)18(20)19-7-3-4-8-19/h5-6,9-10,12H,3-4,7-8,11H2,1-2H3. The van der Waals surface area contributed by atoms with Crippen LogP contribution >= 0.6 is 11.3 Å². The van der Waals surface area contributed by atoms with Gasteiger partial charge in [0.25, 0.3) is 5.91 Å². The number of hydrogen-bond acceptors (Lipinski definition) is 3. The third kappa shape index (κ3) is 3.33. The van der Waals surface area contributed by atoms with E-state index >= 15 is 0 Å². The highest BCUT2D eigenvalue weighted by molar-refractivity contribution is 7.12. The molecule has 1 amide bonds. The van der Waals surface area contributed by atoms with Gasteiger partial charge in [-0.3, -0.25) is 4.79 Å². The van der Waals surface area contributed by atoms with Crippen LogP contribution < -0.4 is 4.74 Å². The number of aryl methyl sites for hydroxylation is 2. The van der Waals surface area contributed by atoms with Crippen LogP contribution in [-0.4, -0.2) is 23.9 Å². The molecule has 1 aromatic carbocycles. The van der Waals surface area contributed by atoms with Crippen LogP contribution in [0, 0.1) is 13.8 Å². The molecule has 1 aromatic heterocycles. The van der Waals surface area contributed by atoms with Gasteiger partial charge in [-0.25, -0.2) is 0 Å². The van der Waals surface area contributed by atoms with Gasteiger partial charge >= 0.3 is 0 Å². The van der Waals surface area contributed by atoms with Crippen molar-refractivity contribution in [2.75, 3.05) is 13.1 Å². The molecule has 2 heterocycles. The molecule has 1 saturated heterocycles. The highest BCUT2D eigenvalue weighted by Gasteiger charge is 2.20. The van der Waals surface area contributed by atoms with Gasteiger partial charge in [-0.05, 0) is 55.3 Å². The molecule has 3 rings (SSSR count). The maximum absolute atomic E-state index is 12.3. The smallest absolute Gasteiger partial charge is 0.263 e. The molecule has 0 radical (unpaired) electrons. The Kier molecular flexibility index (Phi) is 4.48. The number of rotatable bonds is 4. The van der Waals surface area contributed by atoms with Crippen LogP contribution in [0.3, 0.4) is 0 Å². The number of amides is 1. The van der Waals surface area contributed by atoms with Crippen LogP contribution in [0.1, 0.15) is 39.2 Å². The first-order chi connectivity index (χ1) is 10.6. The minimum absolute atomic E-state index is 0.167. The van der Waals surface area contributed by atoms with Crippen molar-refractivity contribution in [3.63, 3.8) is 0 Å². The van der Waals surface area contributed by atoms with Crippen molar-refractivity contribution >= 4 is 17.2 Å². The van der Waals surface area contributed by atoms with E-state index in [4.69, 9.17) is 4.74 Å². The van der Waals surface area contributed by atoms with E-state index in [-0.39, 0.29) is 5.91 Å². The highest BCUT2D eigenvalue weighted by atomic mass is 32.1. The lowest BCUT2D eigenvalue weighted by atomic mass is 10.1. The molecule has 0 unspecified atom stereocenters. The van der Waals surface area contributed by atoms with E-state index in [1.54, 1.807) is 0 Å². The Balaban J connectivity index is 1.64. The molecule has 4 heteroatoms. The lowest BCUT2D eigenvalue weighted by Gasteiger charge is -2.13.